The molecule has 6 aromatic rings. The molecule has 0 saturated heterocycles. The van der Waals surface area contributed by atoms with Gasteiger partial charge in [-0.3, -0.25) is 0 Å². The molecule has 66 heavy (non-hydrogen) atoms. The maximum absolute atomic E-state index is 13.3. The van der Waals surface area contributed by atoms with Crippen LogP contribution in [0.4, 0.5) is 0 Å². The summed E-state index contributed by atoms with van der Waals surface area (Å²) in [6.45, 7) is 26.5. The topological polar surface area (TPSA) is 89.5 Å². The van der Waals surface area contributed by atoms with Crippen LogP contribution in [0.1, 0.15) is 126 Å². The summed E-state index contributed by atoms with van der Waals surface area (Å²) in [5.74, 6) is 1.32. The summed E-state index contributed by atoms with van der Waals surface area (Å²) in [6, 6.07) is 35.7. The van der Waals surface area contributed by atoms with Gasteiger partial charge < -0.3 is 27.6 Å². The van der Waals surface area contributed by atoms with Crippen LogP contribution in [0, 0.1) is 0 Å². The van der Waals surface area contributed by atoms with E-state index < -0.39 is 28.7 Å². The minimum absolute atomic E-state index is 0.0996. The molecule has 342 valence electrons. The van der Waals surface area contributed by atoms with Crippen molar-refractivity contribution in [3.63, 3.8) is 0 Å². The van der Waals surface area contributed by atoms with Gasteiger partial charge in [0.2, 0.25) is 0 Å². The van der Waals surface area contributed by atoms with Crippen LogP contribution in [-0.4, -0.2) is 26.2 Å². The zero-order valence-electron chi connectivity index (χ0n) is 40.6. The fraction of sp³-hybridized carbons (Fsp3) is 0.321. The second kappa shape index (κ2) is 17.2. The number of hydrogen-bond donors (Lipinski definition) is 0. The van der Waals surface area contributed by atoms with Crippen molar-refractivity contribution < 1.29 is 37.2 Å². The van der Waals surface area contributed by atoms with E-state index in [-0.39, 0.29) is 32.8 Å². The minimum Gasteiger partial charge on any atom is -0.465 e. The molecule has 10 heteroatoms. The summed E-state index contributed by atoms with van der Waals surface area (Å²) < 4.78 is 38.8. The molecule has 0 aliphatic carbocycles. The maximum atomic E-state index is 13.3. The summed E-state index contributed by atoms with van der Waals surface area (Å²) in [5, 5.41) is 1.82. The SMILES string of the molecule is COC(=O)c1ccc(OP2Oc3c(cc(C(C)(C)C)cc3C(C)(C)C)-c3ccccc32)c(-c2cc(C(=O)OC)ccc2OP2Oc3c(cc(C(C)(C)C)cc3C(C)(C)C)-c3ccccc32)c1. The first-order valence-corrected chi connectivity index (χ1v) is 24.7. The van der Waals surface area contributed by atoms with Crippen LogP contribution in [0.2, 0.25) is 0 Å². The monoisotopic (exact) mass is 922 g/mol. The van der Waals surface area contributed by atoms with Gasteiger partial charge in [-0.2, -0.15) is 0 Å². The van der Waals surface area contributed by atoms with Gasteiger partial charge in [0, 0.05) is 33.4 Å². The van der Waals surface area contributed by atoms with Crippen molar-refractivity contribution in [3.05, 3.63) is 143 Å². The van der Waals surface area contributed by atoms with Gasteiger partial charge in [0.15, 0.2) is 0 Å². The standard InChI is InChI=1S/C56H60O8P2/c1-53(2,3)35-29-41-37-19-15-17-21-47(37)65(63-49(41)43(31-35)55(7,8)9)61-45-25-23-33(51(57)59-13)27-39(45)40-28-34(52(58)60-14)24-26-46(40)62-66-48-22-18-16-20-38(48)42-30-36(54(4,5)6)32-44(50(42)64-66)56(10,11)12/h15-32H,1-14H3. The summed E-state index contributed by atoms with van der Waals surface area (Å²) in [5.41, 5.74) is 9.54. The predicted octanol–water partition coefficient (Wildman–Crippen LogP) is 14.3. The van der Waals surface area contributed by atoms with E-state index in [1.807, 2.05) is 36.4 Å². The molecule has 2 atom stereocenters. The zero-order chi connectivity index (χ0) is 47.7. The molecule has 0 amide bonds. The van der Waals surface area contributed by atoms with Crippen molar-refractivity contribution >= 4 is 39.3 Å². The Bertz CT molecular complexity index is 2690. The van der Waals surface area contributed by atoms with E-state index in [2.05, 4.69) is 119 Å². The summed E-state index contributed by atoms with van der Waals surface area (Å²) in [6.07, 6.45) is 0. The largest absolute Gasteiger partial charge is 0.465 e. The zero-order valence-corrected chi connectivity index (χ0v) is 42.3. The summed E-state index contributed by atoms with van der Waals surface area (Å²) in [7, 11) is -0.898. The Morgan fingerprint density at radius 2 is 0.788 bits per heavy atom. The number of carbonyl (C=O) groups is 2. The minimum atomic E-state index is -1.80. The number of benzene rings is 6. The van der Waals surface area contributed by atoms with Crippen molar-refractivity contribution in [3.8, 4) is 56.4 Å². The lowest BCUT2D eigenvalue weighted by Gasteiger charge is -2.35. The van der Waals surface area contributed by atoms with Gasteiger partial charge in [-0.05, 0) is 105 Å². The number of carbonyl (C=O) groups excluding carboxylic acids is 2. The fourth-order valence-corrected chi connectivity index (χ4v) is 11.3. The second-order valence-electron chi connectivity index (χ2n) is 21.1. The van der Waals surface area contributed by atoms with Crippen LogP contribution in [0.25, 0.3) is 33.4 Å². The number of fused-ring (bicyclic) bond motifs is 6. The molecule has 2 unspecified atom stereocenters. The number of ether oxygens (including phenoxy) is 2. The summed E-state index contributed by atoms with van der Waals surface area (Å²) in [4.78, 5) is 26.6. The van der Waals surface area contributed by atoms with Crippen molar-refractivity contribution in [2.45, 2.75) is 105 Å². The average Bonchev–Trinajstić information content (AvgIpc) is 3.26. The Hall–Kier alpha value is -5.68. The molecule has 0 aromatic heterocycles. The summed E-state index contributed by atoms with van der Waals surface area (Å²) >= 11 is 0. The Morgan fingerprint density at radius 3 is 1.12 bits per heavy atom. The first kappa shape index (κ1) is 46.8. The number of esters is 2. The van der Waals surface area contributed by atoms with Gasteiger partial charge in [0.05, 0.1) is 36.0 Å². The van der Waals surface area contributed by atoms with Crippen LogP contribution in [0.5, 0.6) is 23.0 Å². The number of hydrogen-bond acceptors (Lipinski definition) is 8. The molecule has 8 rings (SSSR count). The molecule has 0 spiro atoms. The van der Waals surface area contributed by atoms with Crippen LogP contribution in [0.3, 0.4) is 0 Å². The Kier molecular flexibility index (Phi) is 12.2. The molecule has 0 radical (unpaired) electrons. The van der Waals surface area contributed by atoms with Gasteiger partial charge >= 0.3 is 28.7 Å². The molecule has 2 heterocycles. The highest BCUT2D eigenvalue weighted by atomic mass is 31.2. The van der Waals surface area contributed by atoms with E-state index in [0.29, 0.717) is 22.6 Å². The van der Waals surface area contributed by atoms with E-state index in [1.165, 1.54) is 25.3 Å². The van der Waals surface area contributed by atoms with Crippen LogP contribution >= 0.6 is 16.8 Å². The van der Waals surface area contributed by atoms with Crippen LogP contribution < -0.4 is 28.7 Å². The predicted molar refractivity (Wildman–Crippen MR) is 269 cm³/mol. The molecule has 8 nitrogen and oxygen atoms in total. The maximum Gasteiger partial charge on any atom is 0.337 e. The Labute approximate surface area is 392 Å². The molecular weight excluding hydrogens is 863 g/mol. The normalized spacial score (nSPS) is 15.5. The molecule has 6 aromatic carbocycles. The molecule has 0 saturated carbocycles. The molecule has 0 fully saturated rings. The molecule has 0 N–H and O–H groups in total. The Morgan fingerprint density at radius 1 is 0.424 bits per heavy atom. The molecule has 2 aliphatic heterocycles. The molecule has 2 aliphatic rings. The average molecular weight is 923 g/mol. The van der Waals surface area contributed by atoms with Crippen molar-refractivity contribution in [2.75, 3.05) is 14.2 Å². The highest BCUT2D eigenvalue weighted by Gasteiger charge is 2.38. The van der Waals surface area contributed by atoms with E-state index >= 15 is 0 Å². The smallest absolute Gasteiger partial charge is 0.337 e. The quantitative estimate of drug-likeness (QED) is 0.116. The second-order valence-corrected chi connectivity index (χ2v) is 23.8. The van der Waals surface area contributed by atoms with Gasteiger partial charge in [-0.25, -0.2) is 9.59 Å². The molecule has 0 bridgehead atoms. The lowest BCUT2D eigenvalue weighted by atomic mass is 9.78. The lowest BCUT2D eigenvalue weighted by Crippen LogP contribution is -2.23. The number of methoxy groups -OCH3 is 2. The first-order chi connectivity index (χ1) is 31.0. The van der Waals surface area contributed by atoms with Gasteiger partial charge in [-0.1, -0.05) is 132 Å². The van der Waals surface area contributed by atoms with Gasteiger partial charge in [0.1, 0.15) is 23.0 Å². The molecular formula is C56H60O8P2. The van der Waals surface area contributed by atoms with E-state index in [4.69, 9.17) is 27.6 Å². The highest BCUT2D eigenvalue weighted by molar-refractivity contribution is 7.57. The van der Waals surface area contributed by atoms with E-state index in [9.17, 15) is 9.59 Å². The van der Waals surface area contributed by atoms with E-state index in [1.54, 1.807) is 36.4 Å². The van der Waals surface area contributed by atoms with Gasteiger partial charge in [0.25, 0.3) is 0 Å². The highest BCUT2D eigenvalue weighted by Crippen LogP contribution is 2.57. The number of rotatable bonds is 7. The van der Waals surface area contributed by atoms with Gasteiger partial charge in [-0.15, -0.1) is 0 Å². The third-order valence-corrected chi connectivity index (χ3v) is 15.1. The van der Waals surface area contributed by atoms with Crippen molar-refractivity contribution in [1.29, 1.82) is 0 Å². The third kappa shape index (κ3) is 8.95. The lowest BCUT2D eigenvalue weighted by molar-refractivity contribution is 0.0591. The van der Waals surface area contributed by atoms with Crippen molar-refractivity contribution in [1.82, 2.24) is 0 Å². The third-order valence-electron chi connectivity index (χ3n) is 12.1. The van der Waals surface area contributed by atoms with E-state index in [0.717, 1.165) is 55.5 Å². The van der Waals surface area contributed by atoms with Crippen molar-refractivity contribution in [2.24, 2.45) is 0 Å². The fourth-order valence-electron chi connectivity index (χ4n) is 8.26. The van der Waals surface area contributed by atoms with Crippen LogP contribution in [-0.2, 0) is 31.1 Å². The first-order valence-electron chi connectivity index (χ1n) is 22.3. The Balaban J connectivity index is 1.29. The van der Waals surface area contributed by atoms with Crippen LogP contribution in [0.15, 0.2) is 109 Å².